The molecule has 0 heterocycles. The first-order valence-electron chi connectivity index (χ1n) is 10.8. The summed E-state index contributed by atoms with van der Waals surface area (Å²) in [5.41, 5.74) is 0. The molecule has 0 aromatic rings. The van der Waals surface area contributed by atoms with Crippen molar-refractivity contribution in [2.45, 2.75) is 72.6 Å². The highest BCUT2D eigenvalue weighted by Gasteiger charge is 2.30. The molecular weight excluding hydrogens is 423 g/mol. The molecule has 2 N–H and O–H groups in total. The van der Waals surface area contributed by atoms with Gasteiger partial charge in [0.25, 0.3) is 8.53 Å². The van der Waals surface area contributed by atoms with E-state index in [-0.39, 0.29) is 38.3 Å². The lowest BCUT2D eigenvalue weighted by Gasteiger charge is -2.37. The third kappa shape index (κ3) is 14.1. The Morgan fingerprint density at radius 1 is 0.935 bits per heavy atom. The van der Waals surface area contributed by atoms with Gasteiger partial charge in [-0.1, -0.05) is 13.8 Å². The van der Waals surface area contributed by atoms with Gasteiger partial charge >= 0.3 is 12.2 Å². The van der Waals surface area contributed by atoms with Crippen molar-refractivity contribution in [3.63, 3.8) is 0 Å². The second-order valence-electron chi connectivity index (χ2n) is 7.28. The van der Waals surface area contributed by atoms with Gasteiger partial charge in [0.15, 0.2) is 0 Å². The molecule has 1 atom stereocenters. The maximum absolute atomic E-state index is 11.9. The number of nitrogens with zero attached hydrogens (tertiary/aromatic N) is 2. The quantitative estimate of drug-likeness (QED) is 0.204. The number of ether oxygens (including phenoxy) is 2. The van der Waals surface area contributed by atoms with Crippen LogP contribution in [0.4, 0.5) is 9.59 Å². The molecule has 0 aromatic heterocycles. The summed E-state index contributed by atoms with van der Waals surface area (Å²) in [6.45, 7) is 20.3. The van der Waals surface area contributed by atoms with Crippen LogP contribution in [0.15, 0.2) is 0 Å². The fraction of sp³-hybridized carbons (Fsp3) is 0.850. The van der Waals surface area contributed by atoms with Crippen molar-refractivity contribution in [1.29, 1.82) is 0 Å². The minimum absolute atomic E-state index is 0.117. The first-order valence-corrected chi connectivity index (χ1v) is 11.9. The molecule has 180 valence electrons. The molecule has 0 spiro atoms. The van der Waals surface area contributed by atoms with Crippen LogP contribution in [0.2, 0.25) is 0 Å². The van der Waals surface area contributed by atoms with Gasteiger partial charge in [0.2, 0.25) is 6.54 Å². The lowest BCUT2D eigenvalue weighted by atomic mass is 10.3. The minimum atomic E-state index is -1.53. The number of nitrogens with one attached hydrogen (secondary N) is 2. The Hall–Kier alpha value is -1.66. The van der Waals surface area contributed by atoms with Crippen LogP contribution in [0, 0.1) is 6.57 Å². The molecule has 0 aromatic carbocycles. The summed E-state index contributed by atoms with van der Waals surface area (Å²) >= 11 is 0. The summed E-state index contributed by atoms with van der Waals surface area (Å²) in [6, 6.07) is 0.259. The standard InChI is InChI=1S/C20H39N4O6P/c1-8-11-27-19(25)22-14-18(15-23-20(26)28-12-9-2)30-31(29-13-10-21-7)24(16(3)4)17(5)6/h16-18H,8-15H2,1-6H3,(H,22,25)(H,23,26). The van der Waals surface area contributed by atoms with E-state index in [4.69, 9.17) is 25.1 Å². The highest BCUT2D eigenvalue weighted by Crippen LogP contribution is 2.46. The predicted molar refractivity (Wildman–Crippen MR) is 121 cm³/mol. The predicted octanol–water partition coefficient (Wildman–Crippen LogP) is 3.93. The molecule has 11 heteroatoms. The summed E-state index contributed by atoms with van der Waals surface area (Å²) in [6.07, 6.45) is -0.243. The lowest BCUT2D eigenvalue weighted by molar-refractivity contribution is 0.112. The molecule has 0 saturated heterocycles. The van der Waals surface area contributed by atoms with Crippen LogP contribution in [-0.4, -0.2) is 74.5 Å². The maximum atomic E-state index is 11.9. The maximum Gasteiger partial charge on any atom is 0.407 e. The van der Waals surface area contributed by atoms with Gasteiger partial charge in [-0.3, -0.25) is 0 Å². The van der Waals surface area contributed by atoms with E-state index in [2.05, 4.69) is 20.1 Å². The van der Waals surface area contributed by atoms with E-state index in [1.54, 1.807) is 0 Å². The van der Waals surface area contributed by atoms with Crippen LogP contribution >= 0.6 is 8.53 Å². The molecule has 0 saturated carbocycles. The number of amides is 2. The molecule has 0 radical (unpaired) electrons. The van der Waals surface area contributed by atoms with E-state index >= 15 is 0 Å². The molecule has 0 fully saturated rings. The van der Waals surface area contributed by atoms with E-state index < -0.39 is 26.8 Å². The molecule has 10 nitrogen and oxygen atoms in total. The Morgan fingerprint density at radius 3 is 1.81 bits per heavy atom. The molecule has 0 bridgehead atoms. The van der Waals surface area contributed by atoms with Gasteiger partial charge in [0.05, 0.1) is 13.2 Å². The molecular formula is C20H39N4O6P. The zero-order valence-corrected chi connectivity index (χ0v) is 20.6. The molecule has 0 rings (SSSR count). The van der Waals surface area contributed by atoms with E-state index in [9.17, 15) is 9.59 Å². The van der Waals surface area contributed by atoms with Gasteiger partial charge in [-0.2, -0.15) is 0 Å². The summed E-state index contributed by atoms with van der Waals surface area (Å²) < 4.78 is 24.3. The number of carbonyl (C=O) groups is 2. The van der Waals surface area contributed by atoms with Crippen molar-refractivity contribution in [2.75, 3.05) is 39.5 Å². The van der Waals surface area contributed by atoms with Gasteiger partial charge in [0.1, 0.15) is 12.7 Å². The van der Waals surface area contributed by atoms with Crippen LogP contribution < -0.4 is 10.6 Å². The Bertz CT molecular complexity index is 512. The number of hydrogen-bond acceptors (Lipinski definition) is 7. The second-order valence-corrected chi connectivity index (χ2v) is 8.69. The van der Waals surface area contributed by atoms with Crippen molar-refractivity contribution in [2.24, 2.45) is 0 Å². The SMILES string of the molecule is [C-]#[N+]CCOP(OC(CNC(=O)OCCC)CNC(=O)OCCC)N(C(C)C)C(C)C. The van der Waals surface area contributed by atoms with Crippen LogP contribution in [0.1, 0.15) is 54.4 Å². The number of carbonyl (C=O) groups excluding carboxylic acids is 2. The van der Waals surface area contributed by atoms with Crippen molar-refractivity contribution in [3.05, 3.63) is 11.4 Å². The van der Waals surface area contributed by atoms with Crippen molar-refractivity contribution < 1.29 is 28.1 Å². The Labute approximate surface area is 188 Å². The minimum Gasteiger partial charge on any atom is -0.450 e. The number of hydrogen-bond donors (Lipinski definition) is 2. The monoisotopic (exact) mass is 462 g/mol. The Kier molecular flexibility index (Phi) is 17.0. The van der Waals surface area contributed by atoms with E-state index in [1.807, 2.05) is 41.5 Å². The van der Waals surface area contributed by atoms with Crippen LogP contribution in [0.25, 0.3) is 4.85 Å². The van der Waals surface area contributed by atoms with Crippen LogP contribution in [0.3, 0.4) is 0 Å². The fourth-order valence-electron chi connectivity index (χ4n) is 2.45. The highest BCUT2D eigenvalue weighted by atomic mass is 31.2. The summed E-state index contributed by atoms with van der Waals surface area (Å²) in [7, 11) is -1.53. The largest absolute Gasteiger partial charge is 0.450 e. The second kappa shape index (κ2) is 18.0. The Balaban J connectivity index is 5.25. The van der Waals surface area contributed by atoms with Gasteiger partial charge in [-0.05, 0) is 40.5 Å². The normalized spacial score (nSPS) is 12.2. The average Bonchev–Trinajstić information content (AvgIpc) is 2.71. The number of alkyl carbamates (subject to hydrolysis) is 2. The third-order valence-corrected chi connectivity index (χ3v) is 5.90. The van der Waals surface area contributed by atoms with Gasteiger partial charge in [0, 0.05) is 25.2 Å². The van der Waals surface area contributed by atoms with Gasteiger partial charge in [-0.15, -0.1) is 0 Å². The highest BCUT2D eigenvalue weighted by molar-refractivity contribution is 7.44. The first-order chi connectivity index (χ1) is 14.8. The van der Waals surface area contributed by atoms with Crippen molar-refractivity contribution >= 4 is 20.7 Å². The van der Waals surface area contributed by atoms with Crippen molar-refractivity contribution in [3.8, 4) is 0 Å². The van der Waals surface area contributed by atoms with E-state index in [0.29, 0.717) is 13.2 Å². The lowest BCUT2D eigenvalue weighted by Crippen LogP contribution is -2.43. The smallest absolute Gasteiger partial charge is 0.407 e. The molecule has 0 aliphatic rings. The molecule has 0 aliphatic carbocycles. The van der Waals surface area contributed by atoms with E-state index in [0.717, 1.165) is 12.8 Å². The van der Waals surface area contributed by atoms with Gasteiger partial charge in [-0.25, -0.2) is 20.8 Å². The summed E-state index contributed by atoms with van der Waals surface area (Å²) in [5.74, 6) is 0. The van der Waals surface area contributed by atoms with Crippen LogP contribution in [0.5, 0.6) is 0 Å². The summed E-state index contributed by atoms with van der Waals surface area (Å²) in [4.78, 5) is 27.1. The summed E-state index contributed by atoms with van der Waals surface area (Å²) in [5, 5.41) is 5.33. The fourth-order valence-corrected chi connectivity index (χ4v) is 4.15. The molecule has 2 amide bonds. The zero-order chi connectivity index (χ0) is 23.6. The first kappa shape index (κ1) is 29.3. The van der Waals surface area contributed by atoms with E-state index in [1.165, 1.54) is 0 Å². The topological polar surface area (TPSA) is 103 Å². The Morgan fingerprint density at radius 2 is 1.42 bits per heavy atom. The molecule has 1 unspecified atom stereocenters. The molecule has 0 aliphatic heterocycles. The zero-order valence-electron chi connectivity index (χ0n) is 19.7. The number of rotatable bonds is 16. The van der Waals surface area contributed by atoms with Gasteiger partial charge < -0.3 is 34.0 Å². The average molecular weight is 463 g/mol. The van der Waals surface area contributed by atoms with Crippen LogP contribution in [-0.2, 0) is 18.5 Å². The van der Waals surface area contributed by atoms with Crippen molar-refractivity contribution in [1.82, 2.24) is 15.3 Å². The molecule has 31 heavy (non-hydrogen) atoms. The third-order valence-electron chi connectivity index (χ3n) is 3.71.